The summed E-state index contributed by atoms with van der Waals surface area (Å²) in [5.41, 5.74) is 0.792. The van der Waals surface area contributed by atoms with Crippen LogP contribution in [0.2, 0.25) is 0 Å². The van der Waals surface area contributed by atoms with Crippen LogP contribution in [0.5, 0.6) is 0 Å². The van der Waals surface area contributed by atoms with Gasteiger partial charge in [0.15, 0.2) is 0 Å². The fourth-order valence-corrected chi connectivity index (χ4v) is 1.69. The molecule has 14 heavy (non-hydrogen) atoms. The number of ether oxygens (including phenoxy) is 1. The molecule has 1 rings (SSSR count). The molecule has 0 spiro atoms. The molecule has 0 aliphatic heterocycles. The number of rotatable bonds is 4. The topological polar surface area (TPSA) is 55.0 Å². The number of hydrogen-bond acceptors (Lipinski definition) is 3. The standard InChI is InChI=1S/C9H13IN2O2/c1-3-4-6-8(10)9(13)12-7(11-6)5-14-2/h3-5H2,1-2H3,(H,11,12,13). The fourth-order valence-electron chi connectivity index (χ4n) is 1.16. The molecule has 0 radical (unpaired) electrons. The van der Waals surface area contributed by atoms with Gasteiger partial charge in [0.2, 0.25) is 0 Å². The number of aromatic nitrogens is 2. The Hall–Kier alpha value is -0.430. The number of halogens is 1. The minimum atomic E-state index is -0.0731. The lowest BCUT2D eigenvalue weighted by Crippen LogP contribution is -2.18. The average Bonchev–Trinajstić information content (AvgIpc) is 2.14. The van der Waals surface area contributed by atoms with Gasteiger partial charge in [0.05, 0.1) is 9.26 Å². The molecule has 78 valence electrons. The molecule has 0 saturated carbocycles. The van der Waals surface area contributed by atoms with E-state index in [1.807, 2.05) is 22.6 Å². The molecule has 0 unspecified atom stereocenters. The summed E-state index contributed by atoms with van der Waals surface area (Å²) in [5, 5.41) is 0. The van der Waals surface area contributed by atoms with Gasteiger partial charge in [0.25, 0.3) is 5.56 Å². The van der Waals surface area contributed by atoms with E-state index in [1.165, 1.54) is 0 Å². The molecular formula is C9H13IN2O2. The predicted molar refractivity (Wildman–Crippen MR) is 62.3 cm³/mol. The van der Waals surface area contributed by atoms with Gasteiger partial charge in [0.1, 0.15) is 12.4 Å². The average molecular weight is 308 g/mol. The van der Waals surface area contributed by atoms with Gasteiger partial charge >= 0.3 is 0 Å². The van der Waals surface area contributed by atoms with Gasteiger partial charge in [0, 0.05) is 7.11 Å². The molecule has 1 N–H and O–H groups in total. The third-order valence-electron chi connectivity index (χ3n) is 1.75. The molecule has 0 fully saturated rings. The van der Waals surface area contributed by atoms with Crippen molar-refractivity contribution in [1.29, 1.82) is 0 Å². The van der Waals surface area contributed by atoms with Crippen molar-refractivity contribution in [1.82, 2.24) is 9.97 Å². The quantitative estimate of drug-likeness (QED) is 0.857. The molecule has 1 heterocycles. The highest BCUT2D eigenvalue weighted by molar-refractivity contribution is 14.1. The van der Waals surface area contributed by atoms with Gasteiger partial charge in [-0.05, 0) is 29.0 Å². The highest BCUT2D eigenvalue weighted by Crippen LogP contribution is 2.07. The van der Waals surface area contributed by atoms with Crippen molar-refractivity contribution in [3.8, 4) is 0 Å². The van der Waals surface area contributed by atoms with Gasteiger partial charge in [-0.3, -0.25) is 4.79 Å². The first-order valence-electron chi connectivity index (χ1n) is 4.45. The van der Waals surface area contributed by atoms with Gasteiger partial charge in [-0.15, -0.1) is 0 Å². The van der Waals surface area contributed by atoms with Crippen molar-refractivity contribution in [2.75, 3.05) is 7.11 Å². The van der Waals surface area contributed by atoms with Crippen LogP contribution in [0.4, 0.5) is 0 Å². The second kappa shape index (κ2) is 5.45. The van der Waals surface area contributed by atoms with Crippen molar-refractivity contribution in [3.05, 3.63) is 25.4 Å². The predicted octanol–water partition coefficient (Wildman–Crippen LogP) is 1.47. The number of hydrogen-bond donors (Lipinski definition) is 1. The molecule has 0 bridgehead atoms. The maximum Gasteiger partial charge on any atom is 0.264 e. The highest BCUT2D eigenvalue weighted by Gasteiger charge is 2.07. The van der Waals surface area contributed by atoms with E-state index in [4.69, 9.17) is 4.74 Å². The van der Waals surface area contributed by atoms with Crippen molar-refractivity contribution in [3.63, 3.8) is 0 Å². The van der Waals surface area contributed by atoms with Crippen molar-refractivity contribution < 1.29 is 4.74 Å². The van der Waals surface area contributed by atoms with E-state index in [9.17, 15) is 4.79 Å². The Labute approximate surface area is 96.2 Å². The highest BCUT2D eigenvalue weighted by atomic mass is 127. The van der Waals surface area contributed by atoms with E-state index in [2.05, 4.69) is 16.9 Å². The Bertz CT molecular complexity index is 362. The maximum atomic E-state index is 11.5. The molecule has 4 nitrogen and oxygen atoms in total. The lowest BCUT2D eigenvalue weighted by molar-refractivity contribution is 0.177. The van der Waals surface area contributed by atoms with Crippen LogP contribution in [-0.4, -0.2) is 17.1 Å². The molecule has 0 atom stereocenters. The van der Waals surface area contributed by atoms with Crippen LogP contribution in [0.1, 0.15) is 24.9 Å². The molecule has 0 aromatic carbocycles. The van der Waals surface area contributed by atoms with Crippen LogP contribution in [0.3, 0.4) is 0 Å². The number of methoxy groups -OCH3 is 1. The number of aryl methyl sites for hydroxylation is 1. The Morgan fingerprint density at radius 1 is 1.57 bits per heavy atom. The van der Waals surface area contributed by atoms with Crippen LogP contribution in [0.15, 0.2) is 4.79 Å². The SMILES string of the molecule is CCCc1nc(COC)[nH]c(=O)c1I. The van der Waals surface area contributed by atoms with Crippen LogP contribution in [-0.2, 0) is 17.8 Å². The van der Waals surface area contributed by atoms with Crippen LogP contribution < -0.4 is 5.56 Å². The zero-order chi connectivity index (χ0) is 10.6. The second-order valence-electron chi connectivity index (χ2n) is 2.96. The van der Waals surface area contributed by atoms with Gasteiger partial charge < -0.3 is 9.72 Å². The fraction of sp³-hybridized carbons (Fsp3) is 0.556. The monoisotopic (exact) mass is 308 g/mol. The lowest BCUT2D eigenvalue weighted by Gasteiger charge is -2.04. The van der Waals surface area contributed by atoms with Gasteiger partial charge in [-0.25, -0.2) is 4.98 Å². The van der Waals surface area contributed by atoms with Crippen LogP contribution >= 0.6 is 22.6 Å². The minimum Gasteiger partial charge on any atom is -0.377 e. The van der Waals surface area contributed by atoms with Crippen molar-refractivity contribution >= 4 is 22.6 Å². The number of nitrogens with zero attached hydrogens (tertiary/aromatic N) is 1. The summed E-state index contributed by atoms with van der Waals surface area (Å²) in [6, 6.07) is 0. The van der Waals surface area contributed by atoms with Crippen LogP contribution in [0.25, 0.3) is 0 Å². The Kier molecular flexibility index (Phi) is 4.53. The Morgan fingerprint density at radius 3 is 2.86 bits per heavy atom. The molecule has 0 aliphatic carbocycles. The summed E-state index contributed by atoms with van der Waals surface area (Å²) >= 11 is 2.03. The third kappa shape index (κ3) is 2.78. The molecule has 1 aromatic rings. The Morgan fingerprint density at radius 2 is 2.29 bits per heavy atom. The third-order valence-corrected chi connectivity index (χ3v) is 2.86. The zero-order valence-corrected chi connectivity index (χ0v) is 10.4. The summed E-state index contributed by atoms with van der Waals surface area (Å²) < 4.78 is 5.61. The Balaban J connectivity index is 3.07. The molecule has 1 aromatic heterocycles. The summed E-state index contributed by atoms with van der Waals surface area (Å²) in [6.45, 7) is 2.41. The summed E-state index contributed by atoms with van der Waals surface area (Å²) in [7, 11) is 1.58. The number of aromatic amines is 1. The van der Waals surface area contributed by atoms with Crippen molar-refractivity contribution in [2.45, 2.75) is 26.4 Å². The molecule has 0 amide bonds. The lowest BCUT2D eigenvalue weighted by atomic mass is 10.2. The minimum absolute atomic E-state index is 0.0731. The molecular weight excluding hydrogens is 295 g/mol. The van der Waals surface area contributed by atoms with Gasteiger partial charge in [-0.1, -0.05) is 13.3 Å². The zero-order valence-electron chi connectivity index (χ0n) is 8.26. The molecule has 5 heteroatoms. The normalized spacial score (nSPS) is 10.5. The largest absolute Gasteiger partial charge is 0.377 e. The summed E-state index contributed by atoms with van der Waals surface area (Å²) in [6.07, 6.45) is 1.82. The van der Waals surface area contributed by atoms with Crippen molar-refractivity contribution in [2.24, 2.45) is 0 Å². The first-order chi connectivity index (χ1) is 6.69. The summed E-state index contributed by atoms with van der Waals surface area (Å²) in [4.78, 5) is 18.5. The smallest absolute Gasteiger partial charge is 0.264 e. The first-order valence-corrected chi connectivity index (χ1v) is 5.53. The maximum absolute atomic E-state index is 11.5. The van der Waals surface area contributed by atoms with E-state index in [0.717, 1.165) is 18.5 Å². The summed E-state index contributed by atoms with van der Waals surface area (Å²) in [5.74, 6) is 0.598. The van der Waals surface area contributed by atoms with E-state index >= 15 is 0 Å². The second-order valence-corrected chi connectivity index (χ2v) is 4.04. The van der Waals surface area contributed by atoms with E-state index in [0.29, 0.717) is 16.0 Å². The van der Waals surface area contributed by atoms with E-state index in [-0.39, 0.29) is 5.56 Å². The van der Waals surface area contributed by atoms with E-state index in [1.54, 1.807) is 7.11 Å². The number of nitrogens with one attached hydrogen (secondary N) is 1. The van der Waals surface area contributed by atoms with Crippen LogP contribution in [0, 0.1) is 3.57 Å². The molecule has 0 aliphatic rings. The number of H-pyrrole nitrogens is 1. The van der Waals surface area contributed by atoms with Gasteiger partial charge in [-0.2, -0.15) is 0 Å². The molecule has 0 saturated heterocycles. The van der Waals surface area contributed by atoms with E-state index < -0.39 is 0 Å². The first kappa shape index (κ1) is 11.6.